The number of piperazine rings is 1. The lowest BCUT2D eigenvalue weighted by Crippen LogP contribution is -2.56. The molecule has 1 atom stereocenters. The van der Waals surface area contributed by atoms with E-state index in [4.69, 9.17) is 0 Å². The van der Waals surface area contributed by atoms with Gasteiger partial charge >= 0.3 is 0 Å². The van der Waals surface area contributed by atoms with Crippen LogP contribution in [-0.2, 0) is 16.0 Å². The van der Waals surface area contributed by atoms with Gasteiger partial charge in [0.2, 0.25) is 11.8 Å². The summed E-state index contributed by atoms with van der Waals surface area (Å²) in [7, 11) is 0. The summed E-state index contributed by atoms with van der Waals surface area (Å²) in [6, 6.07) is 5.07. The maximum atomic E-state index is 12.4. The molecule has 1 aliphatic heterocycles. The second kappa shape index (κ2) is 8.43. The highest BCUT2D eigenvalue weighted by Crippen LogP contribution is 2.05. The first-order chi connectivity index (χ1) is 10.7. The molecule has 120 valence electrons. The highest BCUT2D eigenvalue weighted by molar-refractivity contribution is 5.88. The van der Waals surface area contributed by atoms with Crippen molar-refractivity contribution < 1.29 is 14.0 Å². The maximum absolute atomic E-state index is 12.4. The standard InChI is InChI=1S/C15H21FN4O2/c16-5-9-20-10-8-18-13(15(20)22)11-14(21)19-7-4-12-3-1-2-6-17-12/h1-3,6,13,18H,4-5,7-11H2,(H,19,21). The summed E-state index contributed by atoms with van der Waals surface area (Å²) < 4.78 is 12.4. The molecule has 0 radical (unpaired) electrons. The molecule has 7 heteroatoms. The van der Waals surface area contributed by atoms with Crippen LogP contribution in [0.1, 0.15) is 12.1 Å². The van der Waals surface area contributed by atoms with Gasteiger partial charge in [-0.05, 0) is 12.1 Å². The van der Waals surface area contributed by atoms with Crippen LogP contribution in [0.2, 0.25) is 0 Å². The number of aromatic nitrogens is 1. The molecule has 1 unspecified atom stereocenters. The summed E-state index contributed by atoms with van der Waals surface area (Å²) in [5.41, 5.74) is 0.906. The number of rotatable bonds is 7. The number of nitrogens with one attached hydrogen (secondary N) is 2. The zero-order valence-electron chi connectivity index (χ0n) is 12.4. The molecule has 2 rings (SSSR count). The minimum Gasteiger partial charge on any atom is -0.356 e. The summed E-state index contributed by atoms with van der Waals surface area (Å²) in [4.78, 5) is 29.6. The Balaban J connectivity index is 1.73. The second-order valence-electron chi connectivity index (χ2n) is 5.15. The third-order valence-electron chi connectivity index (χ3n) is 3.56. The summed E-state index contributed by atoms with van der Waals surface area (Å²) >= 11 is 0. The first-order valence-electron chi connectivity index (χ1n) is 7.45. The Bertz CT molecular complexity index is 496. The van der Waals surface area contributed by atoms with E-state index in [0.29, 0.717) is 26.1 Å². The lowest BCUT2D eigenvalue weighted by Gasteiger charge is -2.32. The molecule has 1 aliphatic rings. The van der Waals surface area contributed by atoms with E-state index in [0.717, 1.165) is 5.69 Å². The van der Waals surface area contributed by atoms with Crippen LogP contribution in [0.5, 0.6) is 0 Å². The Kier molecular flexibility index (Phi) is 6.27. The number of nitrogens with zero attached hydrogens (tertiary/aromatic N) is 2. The molecule has 22 heavy (non-hydrogen) atoms. The van der Waals surface area contributed by atoms with Crippen molar-refractivity contribution in [2.45, 2.75) is 18.9 Å². The van der Waals surface area contributed by atoms with Crippen molar-refractivity contribution in [3.63, 3.8) is 0 Å². The van der Waals surface area contributed by atoms with Gasteiger partial charge in [0, 0.05) is 44.5 Å². The molecule has 0 spiro atoms. The predicted molar refractivity (Wildman–Crippen MR) is 79.9 cm³/mol. The van der Waals surface area contributed by atoms with E-state index in [1.54, 1.807) is 6.20 Å². The van der Waals surface area contributed by atoms with E-state index < -0.39 is 12.7 Å². The largest absolute Gasteiger partial charge is 0.356 e. The third kappa shape index (κ3) is 4.77. The fourth-order valence-electron chi connectivity index (χ4n) is 2.41. The Morgan fingerprint density at radius 1 is 1.50 bits per heavy atom. The molecule has 0 saturated carbocycles. The van der Waals surface area contributed by atoms with Gasteiger partial charge in [-0.1, -0.05) is 6.07 Å². The van der Waals surface area contributed by atoms with Crippen molar-refractivity contribution in [2.75, 3.05) is 32.9 Å². The van der Waals surface area contributed by atoms with Gasteiger partial charge in [0.05, 0.1) is 12.5 Å². The lowest BCUT2D eigenvalue weighted by molar-refractivity contribution is -0.138. The van der Waals surface area contributed by atoms with Crippen LogP contribution >= 0.6 is 0 Å². The van der Waals surface area contributed by atoms with Gasteiger partial charge in [0.15, 0.2) is 0 Å². The zero-order valence-corrected chi connectivity index (χ0v) is 12.4. The van der Waals surface area contributed by atoms with Crippen molar-refractivity contribution in [1.82, 2.24) is 20.5 Å². The minimum atomic E-state index is -0.561. The van der Waals surface area contributed by atoms with E-state index in [1.807, 2.05) is 18.2 Å². The molecule has 2 amide bonds. The summed E-state index contributed by atoms with van der Waals surface area (Å²) in [6.45, 7) is 1.08. The van der Waals surface area contributed by atoms with E-state index in [2.05, 4.69) is 15.6 Å². The average Bonchev–Trinajstić information content (AvgIpc) is 2.52. The predicted octanol–water partition coefficient (Wildman–Crippen LogP) is -0.0997. The van der Waals surface area contributed by atoms with Gasteiger partial charge in [-0.25, -0.2) is 4.39 Å². The first-order valence-corrected chi connectivity index (χ1v) is 7.45. The van der Waals surface area contributed by atoms with Crippen LogP contribution in [0.15, 0.2) is 24.4 Å². The highest BCUT2D eigenvalue weighted by Gasteiger charge is 2.29. The minimum absolute atomic E-state index is 0.0733. The first kappa shape index (κ1) is 16.4. The number of pyridine rings is 1. The van der Waals surface area contributed by atoms with E-state index in [1.165, 1.54) is 4.90 Å². The molecular weight excluding hydrogens is 287 g/mol. The van der Waals surface area contributed by atoms with Crippen molar-refractivity contribution >= 4 is 11.8 Å². The molecule has 6 nitrogen and oxygen atoms in total. The number of hydrogen-bond acceptors (Lipinski definition) is 4. The van der Waals surface area contributed by atoms with Crippen molar-refractivity contribution in [1.29, 1.82) is 0 Å². The number of hydrogen-bond donors (Lipinski definition) is 2. The van der Waals surface area contributed by atoms with Gasteiger partial charge in [0.25, 0.3) is 0 Å². The van der Waals surface area contributed by atoms with Gasteiger partial charge in [-0.15, -0.1) is 0 Å². The normalized spacial score (nSPS) is 18.3. The number of amides is 2. The van der Waals surface area contributed by atoms with Crippen LogP contribution in [0.3, 0.4) is 0 Å². The van der Waals surface area contributed by atoms with Crippen LogP contribution < -0.4 is 10.6 Å². The Morgan fingerprint density at radius 3 is 3.09 bits per heavy atom. The topological polar surface area (TPSA) is 74.3 Å². The van der Waals surface area contributed by atoms with Crippen LogP contribution in [0.4, 0.5) is 4.39 Å². The Labute approximate surface area is 129 Å². The fourth-order valence-corrected chi connectivity index (χ4v) is 2.41. The molecule has 1 aromatic rings. The molecule has 0 aliphatic carbocycles. The number of carbonyl (C=O) groups is 2. The summed E-state index contributed by atoms with van der Waals surface area (Å²) in [6.07, 6.45) is 2.43. The average molecular weight is 308 g/mol. The molecule has 2 heterocycles. The van der Waals surface area contributed by atoms with Crippen molar-refractivity contribution in [3.05, 3.63) is 30.1 Å². The lowest BCUT2D eigenvalue weighted by atomic mass is 10.1. The van der Waals surface area contributed by atoms with Gasteiger partial charge in [0.1, 0.15) is 6.67 Å². The third-order valence-corrected chi connectivity index (χ3v) is 3.56. The highest BCUT2D eigenvalue weighted by atomic mass is 19.1. The quantitative estimate of drug-likeness (QED) is 0.738. The smallest absolute Gasteiger partial charge is 0.240 e. The molecular formula is C15H21FN4O2. The van der Waals surface area contributed by atoms with Gasteiger partial charge < -0.3 is 15.5 Å². The van der Waals surface area contributed by atoms with Crippen LogP contribution in [-0.4, -0.2) is 60.6 Å². The fraction of sp³-hybridized carbons (Fsp3) is 0.533. The van der Waals surface area contributed by atoms with Gasteiger partial charge in [-0.2, -0.15) is 0 Å². The van der Waals surface area contributed by atoms with Crippen molar-refractivity contribution in [2.24, 2.45) is 0 Å². The molecule has 1 aromatic heterocycles. The zero-order chi connectivity index (χ0) is 15.8. The molecule has 0 bridgehead atoms. The number of halogens is 1. The van der Waals surface area contributed by atoms with E-state index in [9.17, 15) is 14.0 Å². The molecule has 1 saturated heterocycles. The molecule has 0 aromatic carbocycles. The number of alkyl halides is 1. The second-order valence-corrected chi connectivity index (χ2v) is 5.15. The molecule has 2 N–H and O–H groups in total. The Hall–Kier alpha value is -2.02. The summed E-state index contributed by atoms with van der Waals surface area (Å²) in [5, 5.41) is 5.79. The monoisotopic (exact) mass is 308 g/mol. The van der Waals surface area contributed by atoms with E-state index in [-0.39, 0.29) is 24.8 Å². The van der Waals surface area contributed by atoms with E-state index >= 15 is 0 Å². The van der Waals surface area contributed by atoms with Crippen LogP contribution in [0.25, 0.3) is 0 Å². The summed E-state index contributed by atoms with van der Waals surface area (Å²) in [5.74, 6) is -0.396. The van der Waals surface area contributed by atoms with Gasteiger partial charge in [-0.3, -0.25) is 14.6 Å². The SMILES string of the molecule is O=C(CC1NCCN(CCF)C1=O)NCCc1ccccn1. The number of carbonyl (C=O) groups excluding carboxylic acids is 2. The van der Waals surface area contributed by atoms with Crippen LogP contribution in [0, 0.1) is 0 Å². The molecule has 1 fully saturated rings. The van der Waals surface area contributed by atoms with Crippen molar-refractivity contribution in [3.8, 4) is 0 Å². The Morgan fingerprint density at radius 2 is 2.36 bits per heavy atom. The maximum Gasteiger partial charge on any atom is 0.240 e.